The summed E-state index contributed by atoms with van der Waals surface area (Å²) in [6.45, 7) is 13.4. The minimum absolute atomic E-state index is 0.246. The predicted octanol–water partition coefficient (Wildman–Crippen LogP) is 3.46. The zero-order chi connectivity index (χ0) is 19.2. The molecule has 4 saturated heterocycles. The molecule has 1 N–H and O–H groups in total. The smallest absolute Gasteiger partial charge is 0.201 e. The lowest BCUT2D eigenvalue weighted by molar-refractivity contribution is -0.577. The second-order valence-electron chi connectivity index (χ2n) is 9.74. The summed E-state index contributed by atoms with van der Waals surface area (Å²) in [5.74, 6) is 1.49. The van der Waals surface area contributed by atoms with E-state index in [4.69, 9.17) is 24.0 Å². The largest absolute Gasteiger partial charge is 0.351 e. The van der Waals surface area contributed by atoms with Gasteiger partial charge in [-0.15, -0.1) is 0 Å². The van der Waals surface area contributed by atoms with Crippen molar-refractivity contribution in [2.75, 3.05) is 19.7 Å². The van der Waals surface area contributed by atoms with Crippen molar-refractivity contribution in [1.29, 1.82) is 0 Å². The predicted molar refractivity (Wildman–Crippen MR) is 100 cm³/mol. The van der Waals surface area contributed by atoms with Crippen LogP contribution in [0.2, 0.25) is 0 Å². The van der Waals surface area contributed by atoms with Gasteiger partial charge in [0, 0.05) is 24.8 Å². The Morgan fingerprint density at radius 3 is 2.70 bits per heavy atom. The van der Waals surface area contributed by atoms with Crippen molar-refractivity contribution in [2.24, 2.45) is 29.6 Å². The number of fused-ring (bicyclic) bond motifs is 2. The molecule has 156 valence electrons. The molecule has 1 saturated carbocycles. The molecule has 4 heterocycles. The van der Waals surface area contributed by atoms with Crippen LogP contribution in [0.3, 0.4) is 0 Å². The molecule has 1 aliphatic carbocycles. The van der Waals surface area contributed by atoms with E-state index in [-0.39, 0.29) is 12.2 Å². The van der Waals surface area contributed by atoms with Gasteiger partial charge < -0.3 is 19.5 Å². The molecule has 5 aliphatic rings. The van der Waals surface area contributed by atoms with E-state index < -0.39 is 17.7 Å². The van der Waals surface area contributed by atoms with Crippen LogP contribution >= 0.6 is 0 Å². The van der Waals surface area contributed by atoms with Crippen LogP contribution in [0, 0.1) is 29.6 Å². The van der Waals surface area contributed by atoms with Crippen molar-refractivity contribution < 1.29 is 24.0 Å². The van der Waals surface area contributed by atoms with E-state index in [9.17, 15) is 0 Å². The summed E-state index contributed by atoms with van der Waals surface area (Å²) in [6, 6.07) is 0. The SMILES string of the molecule is CC(C)CNCCO[C@H]1O[C@@H]2OC3(C)CCC4[C@H](C)CCC([C@H]1C)[C@]42OO3. The van der Waals surface area contributed by atoms with E-state index in [2.05, 4.69) is 33.0 Å². The first-order valence-corrected chi connectivity index (χ1v) is 10.9. The Hall–Kier alpha value is -0.240. The van der Waals surface area contributed by atoms with E-state index in [1.807, 2.05) is 6.92 Å². The first kappa shape index (κ1) is 20.0. The molecule has 0 radical (unpaired) electrons. The maximum atomic E-state index is 6.41. The molecule has 0 amide bonds. The summed E-state index contributed by atoms with van der Waals surface area (Å²) >= 11 is 0. The van der Waals surface area contributed by atoms with Gasteiger partial charge in [0.15, 0.2) is 18.2 Å². The fraction of sp³-hybridized carbons (Fsp3) is 1.00. The van der Waals surface area contributed by atoms with Crippen molar-refractivity contribution in [2.45, 2.75) is 84.3 Å². The first-order chi connectivity index (χ1) is 12.9. The average Bonchev–Trinajstić information content (AvgIpc) is 2.84. The van der Waals surface area contributed by atoms with Crippen LogP contribution in [0.25, 0.3) is 0 Å². The van der Waals surface area contributed by atoms with E-state index >= 15 is 0 Å². The molecule has 1 spiro atoms. The van der Waals surface area contributed by atoms with E-state index in [0.717, 1.165) is 32.4 Å². The summed E-state index contributed by atoms with van der Waals surface area (Å²) in [6.07, 6.45) is 3.55. The standard InChI is InChI=1S/C21H37NO5/c1-13(2)12-22-10-11-23-18-15(4)17-7-6-14(3)16-8-9-20(5)25-19(24-18)21(16,17)27-26-20/h13-19,22H,6-12H2,1-5H3/t14-,15-,16?,17?,18+,19-,20?,21-/m1/s1. The maximum absolute atomic E-state index is 6.41. The molecule has 6 nitrogen and oxygen atoms in total. The molecule has 0 aromatic heterocycles. The monoisotopic (exact) mass is 383 g/mol. The number of rotatable bonds is 6. The Balaban J connectivity index is 1.48. The van der Waals surface area contributed by atoms with E-state index in [1.54, 1.807) is 0 Å². The number of ether oxygens (including phenoxy) is 3. The van der Waals surface area contributed by atoms with Crippen molar-refractivity contribution >= 4 is 0 Å². The molecule has 8 atom stereocenters. The van der Waals surface area contributed by atoms with Gasteiger partial charge in [-0.2, -0.15) is 0 Å². The minimum Gasteiger partial charge on any atom is -0.351 e. The van der Waals surface area contributed by atoms with E-state index in [0.29, 0.717) is 30.3 Å². The van der Waals surface area contributed by atoms with Crippen LogP contribution in [0.5, 0.6) is 0 Å². The second kappa shape index (κ2) is 7.54. The quantitative estimate of drug-likeness (QED) is 0.560. The Morgan fingerprint density at radius 2 is 1.93 bits per heavy atom. The van der Waals surface area contributed by atoms with Crippen molar-refractivity contribution in [3.8, 4) is 0 Å². The average molecular weight is 384 g/mol. The molecule has 2 bridgehead atoms. The third kappa shape index (κ3) is 3.47. The molecular weight excluding hydrogens is 346 g/mol. The highest BCUT2D eigenvalue weighted by Crippen LogP contribution is 2.60. The van der Waals surface area contributed by atoms with Gasteiger partial charge in [0.05, 0.1) is 6.61 Å². The lowest BCUT2D eigenvalue weighted by Gasteiger charge is -2.60. The van der Waals surface area contributed by atoms with Crippen LogP contribution in [-0.2, 0) is 24.0 Å². The highest BCUT2D eigenvalue weighted by molar-refractivity contribution is 5.09. The Morgan fingerprint density at radius 1 is 1.11 bits per heavy atom. The van der Waals surface area contributed by atoms with Gasteiger partial charge in [-0.05, 0) is 50.5 Å². The molecule has 4 aliphatic heterocycles. The van der Waals surface area contributed by atoms with Crippen LogP contribution < -0.4 is 5.32 Å². The van der Waals surface area contributed by atoms with Crippen molar-refractivity contribution in [3.05, 3.63) is 0 Å². The summed E-state index contributed by atoms with van der Waals surface area (Å²) < 4.78 is 18.9. The number of nitrogens with one attached hydrogen (secondary N) is 1. The summed E-state index contributed by atoms with van der Waals surface area (Å²) in [5.41, 5.74) is -0.497. The fourth-order valence-electron chi connectivity index (χ4n) is 5.70. The van der Waals surface area contributed by atoms with Crippen LogP contribution in [-0.4, -0.2) is 43.7 Å². The molecule has 0 aromatic rings. The molecular formula is C21H37NO5. The first-order valence-electron chi connectivity index (χ1n) is 10.9. The maximum Gasteiger partial charge on any atom is 0.201 e. The van der Waals surface area contributed by atoms with Crippen LogP contribution in [0.15, 0.2) is 0 Å². The Labute approximate surface area is 163 Å². The lowest BCUT2D eigenvalue weighted by atomic mass is 9.58. The Bertz CT molecular complexity index is 531. The zero-order valence-electron chi connectivity index (χ0n) is 17.5. The third-order valence-electron chi connectivity index (χ3n) is 7.21. The molecule has 6 heteroatoms. The summed E-state index contributed by atoms with van der Waals surface area (Å²) in [4.78, 5) is 12.0. The highest BCUT2D eigenvalue weighted by atomic mass is 17.3. The minimum atomic E-state index is -0.721. The van der Waals surface area contributed by atoms with Gasteiger partial charge in [-0.25, -0.2) is 9.78 Å². The summed E-state index contributed by atoms with van der Waals surface area (Å²) in [5, 5.41) is 3.43. The van der Waals surface area contributed by atoms with Crippen molar-refractivity contribution in [1.82, 2.24) is 5.32 Å². The second-order valence-corrected chi connectivity index (χ2v) is 9.74. The van der Waals surface area contributed by atoms with Gasteiger partial charge in [0.25, 0.3) is 0 Å². The van der Waals surface area contributed by atoms with Gasteiger partial charge in [0.2, 0.25) is 5.79 Å². The molecule has 27 heavy (non-hydrogen) atoms. The van der Waals surface area contributed by atoms with Gasteiger partial charge in [0.1, 0.15) is 0 Å². The van der Waals surface area contributed by atoms with Crippen LogP contribution in [0.4, 0.5) is 0 Å². The normalized spacial score (nSPS) is 49.1. The zero-order valence-corrected chi connectivity index (χ0v) is 17.5. The summed E-state index contributed by atoms with van der Waals surface area (Å²) in [7, 11) is 0. The molecule has 0 aromatic carbocycles. The number of hydrogen-bond donors (Lipinski definition) is 1. The third-order valence-corrected chi connectivity index (χ3v) is 7.21. The Kier molecular flexibility index (Phi) is 5.60. The molecule has 5 fully saturated rings. The van der Waals surface area contributed by atoms with Gasteiger partial charge >= 0.3 is 0 Å². The topological polar surface area (TPSA) is 58.2 Å². The lowest BCUT2D eigenvalue weighted by Crippen LogP contribution is -2.70. The molecule has 3 unspecified atom stereocenters. The number of hydrogen-bond acceptors (Lipinski definition) is 6. The van der Waals surface area contributed by atoms with Crippen molar-refractivity contribution in [3.63, 3.8) is 0 Å². The van der Waals surface area contributed by atoms with Crippen LogP contribution in [0.1, 0.15) is 60.3 Å². The van der Waals surface area contributed by atoms with Gasteiger partial charge in [-0.1, -0.05) is 27.7 Å². The highest BCUT2D eigenvalue weighted by Gasteiger charge is 2.69. The van der Waals surface area contributed by atoms with E-state index in [1.165, 1.54) is 6.42 Å². The molecule has 5 rings (SSSR count). The fourth-order valence-corrected chi connectivity index (χ4v) is 5.70. The van der Waals surface area contributed by atoms with Gasteiger partial charge in [-0.3, -0.25) is 0 Å².